The molecule has 2 aromatic carbocycles. The molecule has 1 nitrogen and oxygen atoms in total. The molecule has 0 aliphatic heterocycles. The highest BCUT2D eigenvalue weighted by Gasteiger charge is 2.12. The van der Waals surface area contributed by atoms with Crippen molar-refractivity contribution in [2.24, 2.45) is 0 Å². The molecule has 0 bridgehead atoms. The molecule has 1 atom stereocenters. The zero-order valence-electron chi connectivity index (χ0n) is 11.8. The summed E-state index contributed by atoms with van der Waals surface area (Å²) < 4.78 is 1.15. The number of nitrogens with one attached hydrogen (secondary N) is 1. The number of benzene rings is 2. The minimum absolute atomic E-state index is 0.310. The summed E-state index contributed by atoms with van der Waals surface area (Å²) in [6.45, 7) is 5.20. The first kappa shape index (κ1) is 15.6. The summed E-state index contributed by atoms with van der Waals surface area (Å²) in [6.07, 6.45) is 0.940. The van der Waals surface area contributed by atoms with Crippen LogP contribution in [0.15, 0.2) is 46.9 Å². The summed E-state index contributed by atoms with van der Waals surface area (Å²) in [4.78, 5) is 0. The van der Waals surface area contributed by atoms with Crippen molar-refractivity contribution < 1.29 is 0 Å². The van der Waals surface area contributed by atoms with Gasteiger partial charge in [0.15, 0.2) is 0 Å². The second-order valence-corrected chi connectivity index (χ2v) is 6.24. The van der Waals surface area contributed by atoms with Gasteiger partial charge in [-0.15, -0.1) is 0 Å². The van der Waals surface area contributed by atoms with Crippen molar-refractivity contribution >= 4 is 27.5 Å². The lowest BCUT2D eigenvalue weighted by molar-refractivity contribution is 0.549. The highest BCUT2D eigenvalue weighted by Crippen LogP contribution is 2.24. The Hall–Kier alpha value is -0.830. The molecule has 0 fully saturated rings. The maximum Gasteiger partial charge on any atom is 0.0408 e. The third kappa shape index (κ3) is 4.08. The smallest absolute Gasteiger partial charge is 0.0408 e. The highest BCUT2D eigenvalue weighted by atomic mass is 79.9. The number of halogens is 2. The van der Waals surface area contributed by atoms with Crippen LogP contribution in [0.2, 0.25) is 5.02 Å². The van der Waals surface area contributed by atoms with Gasteiger partial charge in [-0.25, -0.2) is 0 Å². The zero-order chi connectivity index (χ0) is 14.5. The van der Waals surface area contributed by atoms with Gasteiger partial charge in [0.2, 0.25) is 0 Å². The first-order valence-corrected chi connectivity index (χ1v) is 8.01. The topological polar surface area (TPSA) is 12.0 Å². The lowest BCUT2D eigenvalue weighted by Gasteiger charge is -2.19. The Morgan fingerprint density at radius 1 is 1.20 bits per heavy atom. The van der Waals surface area contributed by atoms with Crippen LogP contribution < -0.4 is 5.32 Å². The van der Waals surface area contributed by atoms with Gasteiger partial charge in [0.05, 0.1) is 0 Å². The number of hydrogen-bond donors (Lipinski definition) is 1. The maximum absolute atomic E-state index is 6.07. The van der Waals surface area contributed by atoms with Crippen LogP contribution in [0.1, 0.15) is 29.7 Å². The third-order valence-electron chi connectivity index (χ3n) is 3.36. The third-order valence-corrected chi connectivity index (χ3v) is 4.49. The van der Waals surface area contributed by atoms with Crippen molar-refractivity contribution in [3.8, 4) is 0 Å². The van der Waals surface area contributed by atoms with Gasteiger partial charge in [0, 0.05) is 15.5 Å². The Morgan fingerprint density at radius 2 is 2.00 bits per heavy atom. The molecule has 1 unspecified atom stereocenters. The fourth-order valence-electron chi connectivity index (χ4n) is 2.34. The first-order chi connectivity index (χ1) is 9.60. The van der Waals surface area contributed by atoms with Crippen molar-refractivity contribution in [1.29, 1.82) is 0 Å². The van der Waals surface area contributed by atoms with Crippen LogP contribution in [0.3, 0.4) is 0 Å². The van der Waals surface area contributed by atoms with Crippen LogP contribution in [-0.4, -0.2) is 6.54 Å². The van der Waals surface area contributed by atoms with Crippen LogP contribution in [0, 0.1) is 6.92 Å². The van der Waals surface area contributed by atoms with Gasteiger partial charge in [-0.1, -0.05) is 58.7 Å². The Morgan fingerprint density at radius 3 is 2.65 bits per heavy atom. The van der Waals surface area contributed by atoms with E-state index >= 15 is 0 Å². The predicted octanol–water partition coefficient (Wildman–Crippen LogP) is 5.30. The lowest BCUT2D eigenvalue weighted by Crippen LogP contribution is -2.23. The average molecular weight is 353 g/mol. The zero-order valence-corrected chi connectivity index (χ0v) is 14.1. The molecule has 0 radical (unpaired) electrons. The molecule has 0 aliphatic rings. The van der Waals surface area contributed by atoms with Crippen LogP contribution >= 0.6 is 27.5 Å². The minimum atomic E-state index is 0.310. The summed E-state index contributed by atoms with van der Waals surface area (Å²) in [5, 5.41) is 4.35. The molecule has 0 amide bonds. The molecule has 0 heterocycles. The van der Waals surface area contributed by atoms with Gasteiger partial charge in [-0.05, 0) is 54.8 Å². The van der Waals surface area contributed by atoms with E-state index in [0.717, 1.165) is 22.5 Å². The summed E-state index contributed by atoms with van der Waals surface area (Å²) in [7, 11) is 0. The molecule has 3 heteroatoms. The van der Waals surface area contributed by atoms with Crippen LogP contribution in [0.4, 0.5) is 0 Å². The normalized spacial score (nSPS) is 12.4. The molecule has 0 saturated heterocycles. The fourth-order valence-corrected chi connectivity index (χ4v) is 2.80. The lowest BCUT2D eigenvalue weighted by atomic mass is 9.97. The van der Waals surface area contributed by atoms with Crippen molar-refractivity contribution in [2.75, 3.05) is 6.54 Å². The standard InChI is InChI=1S/C17H19BrClN/c1-3-20-17(11-13-5-4-6-15(19)10-13)14-7-8-16(18)12(2)9-14/h4-10,17,20H,3,11H2,1-2H3. The number of aryl methyl sites for hydroxylation is 1. The Kier molecular flexibility index (Phi) is 5.64. The van der Waals surface area contributed by atoms with Crippen LogP contribution in [0.5, 0.6) is 0 Å². The second kappa shape index (κ2) is 7.26. The summed E-state index contributed by atoms with van der Waals surface area (Å²) in [6, 6.07) is 14.9. The quantitative estimate of drug-likeness (QED) is 0.769. The molecule has 20 heavy (non-hydrogen) atoms. The maximum atomic E-state index is 6.07. The summed E-state index contributed by atoms with van der Waals surface area (Å²) in [5.74, 6) is 0. The van der Waals surface area contributed by atoms with Crippen molar-refractivity contribution in [3.63, 3.8) is 0 Å². The van der Waals surface area contributed by atoms with E-state index < -0.39 is 0 Å². The van der Waals surface area contributed by atoms with E-state index in [0.29, 0.717) is 6.04 Å². The van der Waals surface area contributed by atoms with Gasteiger partial charge >= 0.3 is 0 Å². The van der Waals surface area contributed by atoms with E-state index in [1.807, 2.05) is 18.2 Å². The Balaban J connectivity index is 2.24. The van der Waals surface area contributed by atoms with Crippen molar-refractivity contribution in [2.45, 2.75) is 26.3 Å². The fraction of sp³-hybridized carbons (Fsp3) is 0.294. The van der Waals surface area contributed by atoms with E-state index in [1.54, 1.807) is 0 Å². The van der Waals surface area contributed by atoms with Gasteiger partial charge < -0.3 is 5.32 Å². The van der Waals surface area contributed by atoms with E-state index in [-0.39, 0.29) is 0 Å². The van der Waals surface area contributed by atoms with Crippen molar-refractivity contribution in [3.05, 3.63) is 68.7 Å². The highest BCUT2D eigenvalue weighted by molar-refractivity contribution is 9.10. The molecule has 106 valence electrons. The van der Waals surface area contributed by atoms with Gasteiger partial charge in [0.25, 0.3) is 0 Å². The van der Waals surface area contributed by atoms with Gasteiger partial charge in [-0.3, -0.25) is 0 Å². The van der Waals surface area contributed by atoms with E-state index in [4.69, 9.17) is 11.6 Å². The van der Waals surface area contributed by atoms with E-state index in [1.165, 1.54) is 16.7 Å². The molecular formula is C17H19BrClN. The average Bonchev–Trinajstić information content (AvgIpc) is 2.41. The van der Waals surface area contributed by atoms with E-state index in [2.05, 4.69) is 59.4 Å². The van der Waals surface area contributed by atoms with Crippen LogP contribution in [0.25, 0.3) is 0 Å². The second-order valence-electron chi connectivity index (χ2n) is 4.95. The number of likely N-dealkylation sites (N-methyl/N-ethyl adjacent to an activating group) is 1. The SMILES string of the molecule is CCNC(Cc1cccc(Cl)c1)c1ccc(Br)c(C)c1. The van der Waals surface area contributed by atoms with Crippen molar-refractivity contribution in [1.82, 2.24) is 5.32 Å². The van der Waals surface area contributed by atoms with Gasteiger partial charge in [-0.2, -0.15) is 0 Å². The summed E-state index contributed by atoms with van der Waals surface area (Å²) in [5.41, 5.74) is 3.83. The Bertz CT molecular complexity index is 583. The molecular weight excluding hydrogens is 334 g/mol. The first-order valence-electron chi connectivity index (χ1n) is 6.84. The molecule has 0 saturated carbocycles. The predicted molar refractivity (Wildman–Crippen MR) is 90.5 cm³/mol. The minimum Gasteiger partial charge on any atom is -0.310 e. The molecule has 0 aliphatic carbocycles. The summed E-state index contributed by atoms with van der Waals surface area (Å²) >= 11 is 9.63. The Labute approximate surface area is 134 Å². The number of hydrogen-bond acceptors (Lipinski definition) is 1. The van der Waals surface area contributed by atoms with Crippen LogP contribution in [-0.2, 0) is 6.42 Å². The molecule has 2 rings (SSSR count). The largest absolute Gasteiger partial charge is 0.310 e. The van der Waals surface area contributed by atoms with Gasteiger partial charge in [0.1, 0.15) is 0 Å². The van der Waals surface area contributed by atoms with E-state index in [9.17, 15) is 0 Å². The molecule has 2 aromatic rings. The monoisotopic (exact) mass is 351 g/mol. The molecule has 0 spiro atoms. The molecule has 0 aromatic heterocycles. The molecule has 1 N–H and O–H groups in total. The number of rotatable bonds is 5.